The number of amides is 1. The second-order valence-electron chi connectivity index (χ2n) is 4.37. The van der Waals surface area contributed by atoms with Gasteiger partial charge in [-0.3, -0.25) is 4.68 Å². The number of nitrogens with zero attached hydrogens (tertiary/aromatic N) is 1. The van der Waals surface area contributed by atoms with Crippen molar-refractivity contribution in [2.45, 2.75) is 26.4 Å². The first-order valence-electron chi connectivity index (χ1n) is 5.09. The maximum Gasteiger partial charge on any atom is 0.426 e. The first-order valence-corrected chi connectivity index (χ1v) is 5.09. The standard InChI is InChI=1S/C11H16N2O4/c1-11(2,3)17-10(15)12-13-7-5-6-8(13)9(14)16-4/h5-7H,1-4H3,(H,12,15). The molecule has 0 radical (unpaired) electrons. The zero-order chi connectivity index (χ0) is 13.1. The van der Waals surface area contributed by atoms with E-state index in [1.54, 1.807) is 26.8 Å². The number of rotatable bonds is 2. The maximum absolute atomic E-state index is 11.5. The third-order valence-electron chi connectivity index (χ3n) is 1.75. The van der Waals surface area contributed by atoms with Gasteiger partial charge in [-0.05, 0) is 32.9 Å². The summed E-state index contributed by atoms with van der Waals surface area (Å²) >= 11 is 0. The van der Waals surface area contributed by atoms with E-state index in [9.17, 15) is 9.59 Å². The van der Waals surface area contributed by atoms with Gasteiger partial charge in [0.2, 0.25) is 0 Å². The van der Waals surface area contributed by atoms with Crippen LogP contribution in [0.1, 0.15) is 31.3 Å². The Kier molecular flexibility index (Phi) is 3.77. The molecule has 6 heteroatoms. The molecule has 0 atom stereocenters. The van der Waals surface area contributed by atoms with Gasteiger partial charge >= 0.3 is 12.1 Å². The Morgan fingerprint density at radius 3 is 2.53 bits per heavy atom. The van der Waals surface area contributed by atoms with Crippen LogP contribution in [0.3, 0.4) is 0 Å². The Labute approximate surface area is 99.5 Å². The summed E-state index contributed by atoms with van der Waals surface area (Å²) < 4.78 is 10.9. The van der Waals surface area contributed by atoms with E-state index in [1.807, 2.05) is 0 Å². The molecule has 0 bridgehead atoms. The van der Waals surface area contributed by atoms with Crippen LogP contribution in [0.4, 0.5) is 4.79 Å². The molecule has 0 aliphatic heterocycles. The van der Waals surface area contributed by atoms with Crippen LogP contribution < -0.4 is 5.43 Å². The fourth-order valence-electron chi connectivity index (χ4n) is 1.15. The van der Waals surface area contributed by atoms with Gasteiger partial charge in [0.1, 0.15) is 11.3 Å². The summed E-state index contributed by atoms with van der Waals surface area (Å²) in [6.07, 6.45) is 0.884. The molecule has 1 aromatic rings. The average Bonchev–Trinajstić information content (AvgIpc) is 2.61. The fraction of sp³-hybridized carbons (Fsp3) is 0.455. The van der Waals surface area contributed by atoms with Crippen molar-refractivity contribution in [3.8, 4) is 0 Å². The molecule has 1 amide bonds. The zero-order valence-corrected chi connectivity index (χ0v) is 10.3. The molecule has 1 N–H and O–H groups in total. The number of esters is 1. The molecule has 0 saturated carbocycles. The second-order valence-corrected chi connectivity index (χ2v) is 4.37. The minimum atomic E-state index is -0.640. The van der Waals surface area contributed by atoms with E-state index in [4.69, 9.17) is 4.74 Å². The van der Waals surface area contributed by atoms with Gasteiger partial charge in [0.15, 0.2) is 0 Å². The van der Waals surface area contributed by atoms with Crippen LogP contribution in [0.25, 0.3) is 0 Å². The summed E-state index contributed by atoms with van der Waals surface area (Å²) in [6, 6.07) is 3.15. The van der Waals surface area contributed by atoms with Crippen LogP contribution >= 0.6 is 0 Å². The Morgan fingerprint density at radius 2 is 2.00 bits per heavy atom. The van der Waals surface area contributed by atoms with E-state index in [0.29, 0.717) is 0 Å². The Hall–Kier alpha value is -1.98. The molecular formula is C11H16N2O4. The van der Waals surface area contributed by atoms with Crippen molar-refractivity contribution in [2.24, 2.45) is 0 Å². The van der Waals surface area contributed by atoms with E-state index in [1.165, 1.54) is 24.0 Å². The lowest BCUT2D eigenvalue weighted by molar-refractivity contribution is 0.0581. The quantitative estimate of drug-likeness (QED) is 0.799. The largest absolute Gasteiger partial charge is 0.464 e. The van der Waals surface area contributed by atoms with Crippen molar-refractivity contribution in [1.29, 1.82) is 0 Å². The summed E-state index contributed by atoms with van der Waals surface area (Å²) in [4.78, 5) is 22.8. The molecule has 94 valence electrons. The number of nitrogens with one attached hydrogen (secondary N) is 1. The van der Waals surface area contributed by atoms with Crippen molar-refractivity contribution in [3.63, 3.8) is 0 Å². The van der Waals surface area contributed by atoms with Gasteiger partial charge < -0.3 is 9.47 Å². The summed E-state index contributed by atoms with van der Waals surface area (Å²) in [7, 11) is 1.27. The highest BCUT2D eigenvalue weighted by Crippen LogP contribution is 2.08. The molecule has 0 saturated heterocycles. The van der Waals surface area contributed by atoms with Gasteiger partial charge in [-0.25, -0.2) is 15.0 Å². The number of ether oxygens (including phenoxy) is 2. The van der Waals surface area contributed by atoms with Crippen LogP contribution in [-0.2, 0) is 9.47 Å². The first kappa shape index (κ1) is 13.1. The lowest BCUT2D eigenvalue weighted by Gasteiger charge is -2.20. The molecule has 17 heavy (non-hydrogen) atoms. The van der Waals surface area contributed by atoms with Crippen LogP contribution in [0.15, 0.2) is 18.3 Å². The first-order chi connectivity index (χ1) is 7.83. The highest BCUT2D eigenvalue weighted by molar-refractivity contribution is 5.89. The molecule has 1 aromatic heterocycles. The minimum absolute atomic E-state index is 0.221. The van der Waals surface area contributed by atoms with Crippen LogP contribution in [0.2, 0.25) is 0 Å². The number of carbonyl (C=O) groups excluding carboxylic acids is 2. The molecule has 0 spiro atoms. The Balaban J connectivity index is 2.72. The summed E-state index contributed by atoms with van der Waals surface area (Å²) in [5, 5.41) is 0. The van der Waals surface area contributed by atoms with Crippen molar-refractivity contribution < 1.29 is 19.1 Å². The summed E-state index contributed by atoms with van der Waals surface area (Å²) in [6.45, 7) is 5.26. The van der Waals surface area contributed by atoms with Gasteiger partial charge in [-0.15, -0.1) is 0 Å². The maximum atomic E-state index is 11.5. The zero-order valence-electron chi connectivity index (χ0n) is 10.3. The lowest BCUT2D eigenvalue weighted by Crippen LogP contribution is -2.32. The van der Waals surface area contributed by atoms with E-state index < -0.39 is 17.7 Å². The lowest BCUT2D eigenvalue weighted by atomic mass is 10.2. The number of aromatic nitrogens is 1. The predicted octanol–water partition coefficient (Wildman–Crippen LogP) is 1.75. The van der Waals surface area contributed by atoms with Gasteiger partial charge in [0, 0.05) is 6.20 Å². The number of carbonyl (C=O) groups is 2. The van der Waals surface area contributed by atoms with E-state index in [2.05, 4.69) is 10.2 Å². The minimum Gasteiger partial charge on any atom is -0.464 e. The molecular weight excluding hydrogens is 224 g/mol. The van der Waals surface area contributed by atoms with Crippen LogP contribution in [0.5, 0.6) is 0 Å². The second kappa shape index (κ2) is 4.90. The monoisotopic (exact) mass is 240 g/mol. The molecule has 0 unspecified atom stereocenters. The highest BCUT2D eigenvalue weighted by Gasteiger charge is 2.18. The fourth-order valence-corrected chi connectivity index (χ4v) is 1.15. The van der Waals surface area contributed by atoms with Crippen LogP contribution in [-0.4, -0.2) is 29.4 Å². The Morgan fingerprint density at radius 1 is 1.35 bits per heavy atom. The normalized spacial score (nSPS) is 10.8. The van der Waals surface area contributed by atoms with Crippen molar-refractivity contribution >= 4 is 12.1 Å². The molecule has 6 nitrogen and oxygen atoms in total. The van der Waals surface area contributed by atoms with Crippen LogP contribution in [0, 0.1) is 0 Å². The molecule has 0 aliphatic carbocycles. The van der Waals surface area contributed by atoms with Gasteiger partial charge in [-0.1, -0.05) is 0 Å². The highest BCUT2D eigenvalue weighted by atomic mass is 16.6. The SMILES string of the molecule is COC(=O)c1cccn1NC(=O)OC(C)(C)C. The van der Waals surface area contributed by atoms with E-state index in [0.717, 1.165) is 0 Å². The number of hydrogen-bond acceptors (Lipinski definition) is 4. The Bertz CT molecular complexity index is 417. The van der Waals surface area contributed by atoms with E-state index >= 15 is 0 Å². The summed E-state index contributed by atoms with van der Waals surface area (Å²) in [5.41, 5.74) is 2.04. The molecule has 0 aliphatic rings. The summed E-state index contributed by atoms with van der Waals surface area (Å²) in [5.74, 6) is -0.536. The molecule has 1 rings (SSSR count). The van der Waals surface area contributed by atoms with Crippen molar-refractivity contribution in [2.75, 3.05) is 12.5 Å². The molecule has 0 aromatic carbocycles. The number of methoxy groups -OCH3 is 1. The third kappa shape index (κ3) is 3.82. The molecule has 0 fully saturated rings. The van der Waals surface area contributed by atoms with E-state index in [-0.39, 0.29) is 5.69 Å². The third-order valence-corrected chi connectivity index (χ3v) is 1.75. The average molecular weight is 240 g/mol. The van der Waals surface area contributed by atoms with Crippen molar-refractivity contribution in [3.05, 3.63) is 24.0 Å². The van der Waals surface area contributed by atoms with Gasteiger partial charge in [0.05, 0.1) is 7.11 Å². The predicted molar refractivity (Wildman–Crippen MR) is 61.4 cm³/mol. The number of hydrogen-bond donors (Lipinski definition) is 1. The van der Waals surface area contributed by atoms with Gasteiger partial charge in [-0.2, -0.15) is 0 Å². The smallest absolute Gasteiger partial charge is 0.426 e. The van der Waals surface area contributed by atoms with Gasteiger partial charge in [0.25, 0.3) is 0 Å². The molecule has 1 heterocycles. The topological polar surface area (TPSA) is 69.6 Å². The van der Waals surface area contributed by atoms with Crippen molar-refractivity contribution in [1.82, 2.24) is 4.68 Å².